The van der Waals surface area contributed by atoms with Crippen molar-refractivity contribution >= 4 is 29.3 Å². The zero-order valence-electron chi connectivity index (χ0n) is 24.5. The number of likely N-dealkylation sites (tertiary alicyclic amines) is 1. The molecule has 0 radical (unpaired) electrons. The SMILES string of the molecule is CC12C(=O)N(c3ccccc3)C(=O)C1CC1C(=CCC3C(=O)N(Cc4ccccc4)C(=O)C31)C2c1ccccc1OCCO. The van der Waals surface area contributed by atoms with E-state index in [2.05, 4.69) is 0 Å². The number of nitrogens with zero attached hydrogens (tertiary/aromatic N) is 2. The van der Waals surface area contributed by atoms with E-state index in [1.807, 2.05) is 67.6 Å². The molecule has 4 amide bonds. The first-order valence-electron chi connectivity index (χ1n) is 15.2. The molecule has 0 spiro atoms. The van der Waals surface area contributed by atoms with E-state index >= 15 is 0 Å². The van der Waals surface area contributed by atoms with Gasteiger partial charge in [-0.1, -0.05) is 78.4 Å². The number of carbonyl (C=O) groups excluding carboxylic acids is 4. The summed E-state index contributed by atoms with van der Waals surface area (Å²) in [5, 5.41) is 9.53. The van der Waals surface area contributed by atoms with E-state index in [9.17, 15) is 24.3 Å². The molecule has 1 N–H and O–H groups in total. The van der Waals surface area contributed by atoms with Crippen LogP contribution in [0.15, 0.2) is 96.6 Å². The molecule has 2 heterocycles. The van der Waals surface area contributed by atoms with Crippen molar-refractivity contribution in [1.29, 1.82) is 0 Å². The van der Waals surface area contributed by atoms with Crippen molar-refractivity contribution in [2.24, 2.45) is 29.1 Å². The van der Waals surface area contributed by atoms with Crippen LogP contribution in [-0.4, -0.2) is 46.8 Å². The lowest BCUT2D eigenvalue weighted by Crippen LogP contribution is -2.49. The number of benzene rings is 3. The summed E-state index contributed by atoms with van der Waals surface area (Å²) in [5.74, 6) is -3.26. The number of carbonyl (C=O) groups is 4. The number of rotatable bonds is 7. The third kappa shape index (κ3) is 4.15. The van der Waals surface area contributed by atoms with Crippen LogP contribution in [0.1, 0.15) is 36.8 Å². The number of hydrogen-bond acceptors (Lipinski definition) is 6. The topological polar surface area (TPSA) is 104 Å². The first-order valence-corrected chi connectivity index (χ1v) is 15.2. The second-order valence-electron chi connectivity index (χ2n) is 12.4. The molecule has 3 fully saturated rings. The number of hydrogen-bond donors (Lipinski definition) is 1. The van der Waals surface area contributed by atoms with Gasteiger partial charge in [-0.3, -0.25) is 24.1 Å². The summed E-state index contributed by atoms with van der Waals surface area (Å²) in [7, 11) is 0. The Morgan fingerprint density at radius 2 is 1.52 bits per heavy atom. The minimum Gasteiger partial charge on any atom is -0.491 e. The minimum absolute atomic E-state index is 0.0709. The molecule has 6 unspecified atom stereocenters. The van der Waals surface area contributed by atoms with Crippen molar-refractivity contribution in [3.8, 4) is 5.75 Å². The predicted molar refractivity (Wildman–Crippen MR) is 162 cm³/mol. The van der Waals surface area contributed by atoms with Gasteiger partial charge < -0.3 is 9.84 Å². The van der Waals surface area contributed by atoms with Gasteiger partial charge in [0.05, 0.1) is 42.0 Å². The maximum atomic E-state index is 14.5. The molecule has 3 aromatic carbocycles. The number of amides is 4. The normalized spacial score (nSPS) is 29.3. The van der Waals surface area contributed by atoms with Gasteiger partial charge in [-0.2, -0.15) is 0 Å². The number of aliphatic hydroxyl groups is 1. The molecule has 3 aromatic rings. The summed E-state index contributed by atoms with van der Waals surface area (Å²) < 4.78 is 5.98. The van der Waals surface area contributed by atoms with E-state index in [-0.39, 0.29) is 43.4 Å². The third-order valence-electron chi connectivity index (χ3n) is 10.1. The summed E-state index contributed by atoms with van der Waals surface area (Å²) in [6, 6.07) is 25.8. The van der Waals surface area contributed by atoms with Crippen LogP contribution in [0, 0.1) is 29.1 Å². The van der Waals surface area contributed by atoms with Crippen LogP contribution in [0.3, 0.4) is 0 Å². The van der Waals surface area contributed by atoms with Crippen LogP contribution in [0.5, 0.6) is 5.75 Å². The zero-order valence-corrected chi connectivity index (χ0v) is 24.5. The van der Waals surface area contributed by atoms with Crippen molar-refractivity contribution in [2.45, 2.75) is 32.2 Å². The average Bonchev–Trinajstić information content (AvgIpc) is 3.40. The average molecular weight is 591 g/mol. The Hall–Kier alpha value is -4.56. The molecule has 8 heteroatoms. The molecule has 7 rings (SSSR count). The number of fused-ring (bicyclic) bond motifs is 4. The Morgan fingerprint density at radius 1 is 0.841 bits per heavy atom. The Bertz CT molecular complexity index is 1670. The van der Waals surface area contributed by atoms with Gasteiger partial charge in [-0.25, -0.2) is 4.90 Å². The summed E-state index contributed by atoms with van der Waals surface area (Å²) in [5.41, 5.74) is 1.87. The first kappa shape index (κ1) is 28.2. The Morgan fingerprint density at radius 3 is 2.25 bits per heavy atom. The lowest BCUT2D eigenvalue weighted by molar-refractivity contribution is -0.141. The summed E-state index contributed by atoms with van der Waals surface area (Å²) >= 11 is 0. The highest BCUT2D eigenvalue weighted by Crippen LogP contribution is 2.64. The summed E-state index contributed by atoms with van der Waals surface area (Å²) in [6.07, 6.45) is 2.72. The summed E-state index contributed by atoms with van der Waals surface area (Å²) in [4.78, 5) is 59.3. The molecule has 6 atom stereocenters. The standard InChI is InChI=1S/C36H34N2O6/c1-36-28(33(41)38(35(36)43)23-12-6-3-7-13-23)20-27-24(31(36)25-14-8-9-15-29(25)44-19-18-39)16-17-26-30(27)34(42)37(32(26)40)21-22-10-4-2-5-11-22/h2-16,26-28,30-31,39H,17-21H2,1H3. The van der Waals surface area contributed by atoms with Crippen LogP contribution < -0.4 is 9.64 Å². The molecule has 0 bridgehead atoms. The maximum absolute atomic E-state index is 14.5. The van der Waals surface area contributed by atoms with Crippen LogP contribution in [-0.2, 0) is 25.7 Å². The van der Waals surface area contributed by atoms with E-state index in [1.165, 1.54) is 9.80 Å². The number of imide groups is 2. The fraction of sp³-hybridized carbons (Fsp3) is 0.333. The van der Waals surface area contributed by atoms with Crippen LogP contribution >= 0.6 is 0 Å². The highest BCUT2D eigenvalue weighted by Gasteiger charge is 2.67. The molecule has 224 valence electrons. The Balaban J connectivity index is 1.35. The van der Waals surface area contributed by atoms with Gasteiger partial charge in [0.25, 0.3) is 0 Å². The quantitative estimate of drug-likeness (QED) is 0.321. The highest BCUT2D eigenvalue weighted by molar-refractivity contribution is 6.24. The van der Waals surface area contributed by atoms with Gasteiger partial charge in [-0.05, 0) is 49.4 Å². The molecule has 2 aliphatic carbocycles. The predicted octanol–water partition coefficient (Wildman–Crippen LogP) is 4.49. The van der Waals surface area contributed by atoms with Gasteiger partial charge in [-0.15, -0.1) is 0 Å². The van der Waals surface area contributed by atoms with Crippen molar-refractivity contribution in [3.63, 3.8) is 0 Å². The third-order valence-corrected chi connectivity index (χ3v) is 10.1. The van der Waals surface area contributed by atoms with E-state index in [4.69, 9.17) is 4.74 Å². The minimum atomic E-state index is -1.16. The molecule has 4 aliphatic rings. The van der Waals surface area contributed by atoms with Crippen LogP contribution in [0.25, 0.3) is 0 Å². The molecule has 2 saturated heterocycles. The van der Waals surface area contributed by atoms with Crippen LogP contribution in [0.2, 0.25) is 0 Å². The molecule has 0 aromatic heterocycles. The van der Waals surface area contributed by atoms with Crippen LogP contribution in [0.4, 0.5) is 5.69 Å². The number of para-hydroxylation sites is 2. The van der Waals surface area contributed by atoms with Crippen molar-refractivity contribution in [3.05, 3.63) is 108 Å². The second kappa shape index (κ2) is 10.9. The number of allylic oxidation sites excluding steroid dienone is 2. The molecular formula is C36H34N2O6. The zero-order chi connectivity index (χ0) is 30.6. The largest absolute Gasteiger partial charge is 0.491 e. The molecule has 44 heavy (non-hydrogen) atoms. The Kier molecular flexibility index (Phi) is 6.97. The fourth-order valence-electron chi connectivity index (χ4n) is 8.18. The maximum Gasteiger partial charge on any atom is 0.241 e. The highest BCUT2D eigenvalue weighted by atomic mass is 16.5. The summed E-state index contributed by atoms with van der Waals surface area (Å²) in [6.45, 7) is 1.96. The van der Waals surface area contributed by atoms with E-state index < -0.39 is 35.0 Å². The van der Waals surface area contributed by atoms with E-state index in [1.54, 1.807) is 30.3 Å². The van der Waals surface area contributed by atoms with Crippen molar-refractivity contribution in [2.75, 3.05) is 18.1 Å². The number of aliphatic hydroxyl groups excluding tert-OH is 1. The smallest absolute Gasteiger partial charge is 0.241 e. The monoisotopic (exact) mass is 590 g/mol. The van der Waals surface area contributed by atoms with Gasteiger partial charge in [0.1, 0.15) is 12.4 Å². The number of anilines is 1. The van der Waals surface area contributed by atoms with Gasteiger partial charge in [0, 0.05) is 11.5 Å². The van der Waals surface area contributed by atoms with Gasteiger partial charge >= 0.3 is 0 Å². The fourth-order valence-corrected chi connectivity index (χ4v) is 8.18. The van der Waals surface area contributed by atoms with Crippen molar-refractivity contribution < 1.29 is 29.0 Å². The molecular weight excluding hydrogens is 556 g/mol. The number of ether oxygens (including phenoxy) is 1. The lowest BCUT2D eigenvalue weighted by atomic mass is 9.51. The molecule has 2 aliphatic heterocycles. The van der Waals surface area contributed by atoms with Gasteiger partial charge in [0.15, 0.2) is 0 Å². The lowest BCUT2D eigenvalue weighted by Gasteiger charge is -2.49. The van der Waals surface area contributed by atoms with E-state index in [0.717, 1.165) is 16.7 Å². The van der Waals surface area contributed by atoms with E-state index in [0.29, 0.717) is 24.3 Å². The molecule has 8 nitrogen and oxygen atoms in total. The Labute approximate surface area is 255 Å². The first-order chi connectivity index (χ1) is 21.4. The van der Waals surface area contributed by atoms with Crippen molar-refractivity contribution in [1.82, 2.24) is 4.90 Å². The van der Waals surface area contributed by atoms with Gasteiger partial charge in [0.2, 0.25) is 23.6 Å². The molecule has 1 saturated carbocycles. The second-order valence-corrected chi connectivity index (χ2v) is 12.4.